The van der Waals surface area contributed by atoms with Crippen LogP contribution in [0.3, 0.4) is 0 Å². The molecule has 1 fully saturated rings. The largest absolute Gasteiger partial charge is 0.486 e. The van der Waals surface area contributed by atoms with Crippen LogP contribution >= 0.6 is 23.2 Å². The molecule has 4 heterocycles. The van der Waals surface area contributed by atoms with E-state index in [2.05, 4.69) is 49.9 Å². The van der Waals surface area contributed by atoms with Crippen molar-refractivity contribution in [3.8, 4) is 17.0 Å². The number of ether oxygens (including phenoxy) is 1. The molecule has 0 aliphatic carbocycles. The highest BCUT2D eigenvalue weighted by molar-refractivity contribution is 6.36. The predicted octanol–water partition coefficient (Wildman–Crippen LogP) is 6.62. The lowest BCUT2D eigenvalue weighted by atomic mass is 10.0. The van der Waals surface area contributed by atoms with Crippen molar-refractivity contribution >= 4 is 34.1 Å². The molecule has 3 aromatic heterocycles. The van der Waals surface area contributed by atoms with Crippen LogP contribution in [0.15, 0.2) is 36.8 Å². The quantitative estimate of drug-likeness (QED) is 0.314. The minimum Gasteiger partial charge on any atom is -0.486 e. The number of pyridine rings is 1. The van der Waals surface area contributed by atoms with E-state index < -0.39 is 0 Å². The summed E-state index contributed by atoms with van der Waals surface area (Å²) < 4.78 is 8.35. The number of hydrogen-bond donors (Lipinski definition) is 1. The first-order valence-corrected chi connectivity index (χ1v) is 12.8. The lowest BCUT2D eigenvalue weighted by Crippen LogP contribution is -2.39. The normalized spacial score (nSPS) is 16.3. The lowest BCUT2D eigenvalue weighted by Gasteiger charge is -2.34. The van der Waals surface area contributed by atoms with Crippen molar-refractivity contribution < 1.29 is 4.74 Å². The average molecular weight is 513 g/mol. The summed E-state index contributed by atoms with van der Waals surface area (Å²) in [5.74, 6) is 0.711. The third-order valence-electron chi connectivity index (χ3n) is 6.92. The fourth-order valence-electron chi connectivity index (χ4n) is 4.83. The molecule has 4 aromatic rings. The summed E-state index contributed by atoms with van der Waals surface area (Å²) in [6, 6.07) is 6.90. The maximum absolute atomic E-state index is 6.48. The van der Waals surface area contributed by atoms with E-state index in [1.807, 2.05) is 38.2 Å². The van der Waals surface area contributed by atoms with Gasteiger partial charge in [-0.15, -0.1) is 0 Å². The third-order valence-corrected chi connectivity index (χ3v) is 7.69. The Hall–Kier alpha value is -2.61. The van der Waals surface area contributed by atoms with Crippen LogP contribution in [0.2, 0.25) is 10.0 Å². The molecule has 1 aromatic carbocycles. The topological polar surface area (TPSA) is 71.9 Å². The molecule has 1 saturated heterocycles. The summed E-state index contributed by atoms with van der Waals surface area (Å²) in [4.78, 5) is 6.74. The van der Waals surface area contributed by atoms with Crippen molar-refractivity contribution in [2.24, 2.45) is 0 Å². The number of H-pyrrole nitrogens is 1. The number of nitrogens with zero attached hydrogens (tertiary/aromatic N) is 5. The fraction of sp³-hybridized carbons (Fsp3) is 0.423. The maximum atomic E-state index is 6.48. The number of aromatic nitrogens is 5. The molecule has 1 aliphatic rings. The van der Waals surface area contributed by atoms with Gasteiger partial charge in [0.25, 0.3) is 0 Å². The Morgan fingerprint density at radius 2 is 1.89 bits per heavy atom. The van der Waals surface area contributed by atoms with E-state index >= 15 is 0 Å². The first-order valence-electron chi connectivity index (χ1n) is 12.1. The van der Waals surface area contributed by atoms with Crippen LogP contribution < -0.4 is 4.74 Å². The summed E-state index contributed by atoms with van der Waals surface area (Å²) >= 11 is 12.9. The molecule has 1 N–H and O–H groups in total. The van der Waals surface area contributed by atoms with Crippen LogP contribution in [0, 0.1) is 6.92 Å². The molecule has 1 aliphatic heterocycles. The number of benzene rings is 1. The number of piperidine rings is 1. The molecular weight excluding hydrogens is 483 g/mol. The van der Waals surface area contributed by atoms with Gasteiger partial charge in [0.15, 0.2) is 0 Å². The van der Waals surface area contributed by atoms with E-state index in [1.54, 1.807) is 6.20 Å². The zero-order chi connectivity index (χ0) is 24.7. The Kier molecular flexibility index (Phi) is 6.75. The Bertz CT molecular complexity index is 1340. The Morgan fingerprint density at radius 3 is 2.63 bits per heavy atom. The Labute approximate surface area is 215 Å². The van der Waals surface area contributed by atoms with Gasteiger partial charge < -0.3 is 9.64 Å². The molecule has 1 atom stereocenters. The van der Waals surface area contributed by atoms with Crippen molar-refractivity contribution in [3.63, 3.8) is 0 Å². The molecule has 35 heavy (non-hydrogen) atoms. The van der Waals surface area contributed by atoms with Crippen LogP contribution in [-0.2, 0) is 0 Å². The summed E-state index contributed by atoms with van der Waals surface area (Å²) in [6.07, 6.45) is 7.50. The lowest BCUT2D eigenvalue weighted by molar-refractivity contribution is 0.147. The van der Waals surface area contributed by atoms with Crippen molar-refractivity contribution in [2.45, 2.75) is 58.7 Å². The second-order valence-corrected chi connectivity index (χ2v) is 10.3. The van der Waals surface area contributed by atoms with Crippen molar-refractivity contribution in [3.05, 3.63) is 58.1 Å². The van der Waals surface area contributed by atoms with Gasteiger partial charge in [-0.2, -0.15) is 10.2 Å². The zero-order valence-electron chi connectivity index (χ0n) is 20.4. The number of rotatable bonds is 6. The van der Waals surface area contributed by atoms with E-state index in [0.29, 0.717) is 27.9 Å². The van der Waals surface area contributed by atoms with Crippen LogP contribution in [0.1, 0.15) is 57.0 Å². The van der Waals surface area contributed by atoms with Crippen molar-refractivity contribution in [2.75, 3.05) is 13.1 Å². The predicted molar refractivity (Wildman–Crippen MR) is 140 cm³/mol. The van der Waals surface area contributed by atoms with Crippen molar-refractivity contribution in [1.29, 1.82) is 0 Å². The number of aryl methyl sites for hydroxylation is 1. The number of nitrogens with one attached hydrogen (secondary N) is 1. The molecule has 0 saturated carbocycles. The van der Waals surface area contributed by atoms with Gasteiger partial charge in [-0.1, -0.05) is 23.2 Å². The van der Waals surface area contributed by atoms with E-state index in [-0.39, 0.29) is 6.10 Å². The van der Waals surface area contributed by atoms with E-state index in [4.69, 9.17) is 27.9 Å². The number of fused-ring (bicyclic) bond motifs is 1. The second-order valence-electron chi connectivity index (χ2n) is 9.53. The molecule has 7 nitrogen and oxygen atoms in total. The minimum atomic E-state index is -0.344. The van der Waals surface area contributed by atoms with Crippen LogP contribution in [-0.4, -0.2) is 49.0 Å². The average Bonchev–Trinajstić information content (AvgIpc) is 3.49. The number of hydrogen-bond acceptors (Lipinski definition) is 5. The van der Waals surface area contributed by atoms with Crippen LogP contribution in [0.5, 0.6) is 5.75 Å². The maximum Gasteiger partial charge on any atom is 0.124 e. The summed E-state index contributed by atoms with van der Waals surface area (Å²) in [5.41, 5.74) is 4.25. The van der Waals surface area contributed by atoms with Gasteiger partial charge in [0, 0.05) is 48.0 Å². The highest BCUT2D eigenvalue weighted by Crippen LogP contribution is 2.36. The summed E-state index contributed by atoms with van der Waals surface area (Å²) in [6.45, 7) is 10.5. The van der Waals surface area contributed by atoms with E-state index in [1.165, 1.54) is 0 Å². The first-order chi connectivity index (χ1) is 16.8. The zero-order valence-corrected chi connectivity index (χ0v) is 21.9. The van der Waals surface area contributed by atoms with Gasteiger partial charge in [0.05, 0.1) is 33.5 Å². The smallest absolute Gasteiger partial charge is 0.124 e. The van der Waals surface area contributed by atoms with Gasteiger partial charge in [-0.05, 0) is 58.7 Å². The van der Waals surface area contributed by atoms with Gasteiger partial charge in [-0.3, -0.25) is 14.8 Å². The molecule has 0 spiro atoms. The van der Waals surface area contributed by atoms with Gasteiger partial charge >= 0.3 is 0 Å². The molecule has 1 unspecified atom stereocenters. The molecule has 0 amide bonds. The van der Waals surface area contributed by atoms with Gasteiger partial charge in [0.2, 0.25) is 0 Å². The standard InChI is InChI=1S/C26H30Cl2N6O/c1-15(2)33-9-7-19(8-10-33)34-14-18(12-30-34)26-21-11-20(5-6-23(21)31-32-26)35-17(4)24-22(27)13-29-16(3)25(24)28/h5-6,11-15,17,19H,7-10H2,1-4H3,(H,31,32). The Morgan fingerprint density at radius 1 is 1.11 bits per heavy atom. The molecule has 5 rings (SSSR count). The number of likely N-dealkylation sites (tertiary alicyclic amines) is 1. The molecule has 0 radical (unpaired) electrons. The van der Waals surface area contributed by atoms with Gasteiger partial charge in [-0.25, -0.2) is 0 Å². The van der Waals surface area contributed by atoms with Crippen LogP contribution in [0.25, 0.3) is 22.2 Å². The minimum absolute atomic E-state index is 0.344. The molecule has 0 bridgehead atoms. The molecule has 9 heteroatoms. The molecular formula is C26H30Cl2N6O. The van der Waals surface area contributed by atoms with E-state index in [0.717, 1.165) is 59.3 Å². The summed E-state index contributed by atoms with van der Waals surface area (Å²) in [5, 5.41) is 14.4. The van der Waals surface area contributed by atoms with Crippen molar-refractivity contribution in [1.82, 2.24) is 29.9 Å². The molecule has 184 valence electrons. The SMILES string of the molecule is Cc1ncc(Cl)c(C(C)Oc2ccc3[nH]nc(-c4cnn(C5CCN(C(C)C)CC5)c4)c3c2)c1Cl. The first kappa shape index (κ1) is 24.1. The number of aromatic amines is 1. The summed E-state index contributed by atoms with van der Waals surface area (Å²) in [7, 11) is 0. The van der Waals surface area contributed by atoms with Crippen LogP contribution in [0.4, 0.5) is 0 Å². The highest BCUT2D eigenvalue weighted by atomic mass is 35.5. The Balaban J connectivity index is 1.38. The van der Waals surface area contributed by atoms with E-state index in [9.17, 15) is 0 Å². The third kappa shape index (κ3) is 4.77. The van der Waals surface area contributed by atoms with Gasteiger partial charge in [0.1, 0.15) is 17.5 Å². The fourth-order valence-corrected chi connectivity index (χ4v) is 5.48. The highest BCUT2D eigenvalue weighted by Gasteiger charge is 2.23. The monoisotopic (exact) mass is 512 g/mol. The number of halogens is 2. The second kappa shape index (κ2) is 9.80.